The van der Waals surface area contributed by atoms with E-state index in [0.717, 1.165) is 12.8 Å². The average molecular weight is 228 g/mol. The normalized spacial score (nSPS) is 34.8. The van der Waals surface area contributed by atoms with Crippen molar-refractivity contribution in [1.29, 1.82) is 0 Å². The van der Waals surface area contributed by atoms with Crippen molar-refractivity contribution in [3.63, 3.8) is 0 Å². The van der Waals surface area contributed by atoms with Crippen molar-refractivity contribution < 1.29 is 23.8 Å². The molecule has 0 spiro atoms. The molecule has 1 saturated heterocycles. The summed E-state index contributed by atoms with van der Waals surface area (Å²) >= 11 is 0. The zero-order chi connectivity index (χ0) is 12.0. The number of fused-ring (bicyclic) bond motifs is 1. The Kier molecular flexibility index (Phi) is 2.45. The summed E-state index contributed by atoms with van der Waals surface area (Å²) in [6.45, 7) is 4.43. The van der Waals surface area contributed by atoms with E-state index in [2.05, 4.69) is 0 Å². The van der Waals surface area contributed by atoms with Gasteiger partial charge in [0.1, 0.15) is 0 Å². The van der Waals surface area contributed by atoms with Gasteiger partial charge in [0.2, 0.25) is 0 Å². The minimum atomic E-state index is -1.23. The predicted octanol–water partition coefficient (Wildman–Crippen LogP) is 1.15. The first kappa shape index (κ1) is 11.4. The molecule has 0 aromatic carbocycles. The molecular formula is C11H16O5. The van der Waals surface area contributed by atoms with Gasteiger partial charge >= 0.3 is 11.9 Å². The summed E-state index contributed by atoms with van der Waals surface area (Å²) in [5, 5.41) is 0. The average Bonchev–Trinajstić information content (AvgIpc) is 2.76. The summed E-state index contributed by atoms with van der Waals surface area (Å²) in [7, 11) is 0. The fourth-order valence-corrected chi connectivity index (χ4v) is 2.49. The standard InChI is InChI=1S/C11H16O5/c1-7(12)14-11(15-8(2)13)6-4-5-9-10(11,3)16-9/h9H,4-6H2,1-3H3. The van der Waals surface area contributed by atoms with Crippen LogP contribution in [0.15, 0.2) is 0 Å². The number of carbonyl (C=O) groups is 2. The summed E-state index contributed by atoms with van der Waals surface area (Å²) in [5.41, 5.74) is -0.664. The molecule has 2 rings (SSSR count). The molecule has 2 aliphatic rings. The van der Waals surface area contributed by atoms with Crippen molar-refractivity contribution in [2.24, 2.45) is 0 Å². The summed E-state index contributed by atoms with van der Waals surface area (Å²) in [5.74, 6) is -2.15. The van der Waals surface area contributed by atoms with Crippen LogP contribution in [0, 0.1) is 0 Å². The molecule has 5 heteroatoms. The van der Waals surface area contributed by atoms with Crippen LogP contribution >= 0.6 is 0 Å². The number of hydrogen-bond acceptors (Lipinski definition) is 5. The third-order valence-electron chi connectivity index (χ3n) is 3.29. The van der Waals surface area contributed by atoms with E-state index in [0.29, 0.717) is 6.42 Å². The Balaban J connectivity index is 2.25. The van der Waals surface area contributed by atoms with Gasteiger partial charge in [-0.3, -0.25) is 9.59 Å². The van der Waals surface area contributed by atoms with Crippen LogP contribution in [0.25, 0.3) is 0 Å². The van der Waals surface area contributed by atoms with Gasteiger partial charge in [-0.1, -0.05) is 0 Å². The van der Waals surface area contributed by atoms with E-state index in [1.54, 1.807) is 0 Å². The quantitative estimate of drug-likeness (QED) is 0.403. The molecule has 1 heterocycles. The van der Waals surface area contributed by atoms with Gasteiger partial charge in [0.25, 0.3) is 5.79 Å². The number of carbonyl (C=O) groups excluding carboxylic acids is 2. The number of hydrogen-bond donors (Lipinski definition) is 0. The Bertz CT molecular complexity index is 321. The van der Waals surface area contributed by atoms with Crippen molar-refractivity contribution >= 4 is 11.9 Å². The monoisotopic (exact) mass is 228 g/mol. The summed E-state index contributed by atoms with van der Waals surface area (Å²) < 4.78 is 16.0. The highest BCUT2D eigenvalue weighted by Gasteiger charge is 2.72. The van der Waals surface area contributed by atoms with E-state index >= 15 is 0 Å². The lowest BCUT2D eigenvalue weighted by Crippen LogP contribution is -2.53. The van der Waals surface area contributed by atoms with E-state index in [1.165, 1.54) is 13.8 Å². The lowest BCUT2D eigenvalue weighted by Gasteiger charge is -2.37. The lowest BCUT2D eigenvalue weighted by molar-refractivity contribution is -0.253. The van der Waals surface area contributed by atoms with Gasteiger partial charge in [-0.2, -0.15) is 0 Å². The summed E-state index contributed by atoms with van der Waals surface area (Å²) in [6.07, 6.45) is 2.26. The molecule has 2 atom stereocenters. The molecule has 0 radical (unpaired) electrons. The Morgan fingerprint density at radius 1 is 1.25 bits per heavy atom. The van der Waals surface area contributed by atoms with Crippen LogP contribution in [0.1, 0.15) is 40.0 Å². The number of esters is 2. The van der Waals surface area contributed by atoms with Gasteiger partial charge in [0.05, 0.1) is 6.10 Å². The Labute approximate surface area is 94.0 Å². The maximum Gasteiger partial charge on any atom is 0.306 e. The molecule has 2 unspecified atom stereocenters. The van der Waals surface area contributed by atoms with Crippen LogP contribution in [0.4, 0.5) is 0 Å². The first-order valence-corrected chi connectivity index (χ1v) is 5.47. The van der Waals surface area contributed by atoms with Crippen molar-refractivity contribution in [3.05, 3.63) is 0 Å². The van der Waals surface area contributed by atoms with E-state index in [9.17, 15) is 9.59 Å². The molecule has 0 amide bonds. The highest BCUT2D eigenvalue weighted by Crippen LogP contribution is 2.55. The molecule has 0 aromatic rings. The first-order chi connectivity index (χ1) is 7.40. The van der Waals surface area contributed by atoms with E-state index in [4.69, 9.17) is 14.2 Å². The lowest BCUT2D eigenvalue weighted by atomic mass is 9.84. The highest BCUT2D eigenvalue weighted by atomic mass is 16.8. The molecule has 0 N–H and O–H groups in total. The third kappa shape index (κ3) is 1.59. The molecule has 1 aliphatic heterocycles. The largest absolute Gasteiger partial charge is 0.419 e. The second-order valence-electron chi connectivity index (χ2n) is 4.55. The van der Waals surface area contributed by atoms with Gasteiger partial charge in [-0.15, -0.1) is 0 Å². The number of epoxide rings is 1. The maximum absolute atomic E-state index is 11.1. The smallest absolute Gasteiger partial charge is 0.306 e. The zero-order valence-corrected chi connectivity index (χ0v) is 9.74. The van der Waals surface area contributed by atoms with Gasteiger partial charge in [-0.25, -0.2) is 0 Å². The van der Waals surface area contributed by atoms with E-state index < -0.39 is 23.3 Å². The maximum atomic E-state index is 11.1. The second-order valence-corrected chi connectivity index (χ2v) is 4.55. The predicted molar refractivity (Wildman–Crippen MR) is 53.4 cm³/mol. The SMILES string of the molecule is CC(=O)OC1(OC(C)=O)CCCC2OC21C. The van der Waals surface area contributed by atoms with E-state index in [-0.39, 0.29) is 6.10 Å². The highest BCUT2D eigenvalue weighted by molar-refractivity contribution is 5.69. The Hall–Kier alpha value is -1.10. The van der Waals surface area contributed by atoms with Gasteiger partial charge in [-0.05, 0) is 19.8 Å². The number of ether oxygens (including phenoxy) is 3. The van der Waals surface area contributed by atoms with Gasteiger partial charge in [0, 0.05) is 20.3 Å². The van der Waals surface area contributed by atoms with Crippen LogP contribution in [0.3, 0.4) is 0 Å². The molecule has 5 nitrogen and oxygen atoms in total. The molecule has 0 bridgehead atoms. The fourth-order valence-electron chi connectivity index (χ4n) is 2.49. The van der Waals surface area contributed by atoms with Crippen LogP contribution in [0.2, 0.25) is 0 Å². The van der Waals surface area contributed by atoms with Crippen molar-refractivity contribution in [2.75, 3.05) is 0 Å². The minimum Gasteiger partial charge on any atom is -0.419 e. The summed E-state index contributed by atoms with van der Waals surface area (Å²) in [6, 6.07) is 0. The van der Waals surface area contributed by atoms with E-state index in [1.807, 2.05) is 6.92 Å². The van der Waals surface area contributed by atoms with Crippen LogP contribution < -0.4 is 0 Å². The minimum absolute atomic E-state index is 0.0277. The molecule has 16 heavy (non-hydrogen) atoms. The van der Waals surface area contributed by atoms with Crippen molar-refractivity contribution in [1.82, 2.24) is 0 Å². The van der Waals surface area contributed by atoms with Gasteiger partial charge < -0.3 is 14.2 Å². The molecular weight excluding hydrogens is 212 g/mol. The molecule has 0 aromatic heterocycles. The molecule has 1 aliphatic carbocycles. The third-order valence-corrected chi connectivity index (χ3v) is 3.29. The van der Waals surface area contributed by atoms with Crippen LogP contribution in [-0.4, -0.2) is 29.4 Å². The second kappa shape index (κ2) is 3.45. The number of rotatable bonds is 2. The Morgan fingerprint density at radius 2 is 1.81 bits per heavy atom. The van der Waals surface area contributed by atoms with Crippen molar-refractivity contribution in [2.45, 2.75) is 57.5 Å². The van der Waals surface area contributed by atoms with Crippen LogP contribution in [-0.2, 0) is 23.8 Å². The molecule has 90 valence electrons. The fraction of sp³-hybridized carbons (Fsp3) is 0.818. The van der Waals surface area contributed by atoms with Crippen molar-refractivity contribution in [3.8, 4) is 0 Å². The van der Waals surface area contributed by atoms with Crippen LogP contribution in [0.5, 0.6) is 0 Å². The van der Waals surface area contributed by atoms with Gasteiger partial charge in [0.15, 0.2) is 5.60 Å². The summed E-state index contributed by atoms with van der Waals surface area (Å²) in [4.78, 5) is 22.3. The molecule has 2 fully saturated rings. The molecule has 1 saturated carbocycles. The Morgan fingerprint density at radius 3 is 2.31 bits per heavy atom. The first-order valence-electron chi connectivity index (χ1n) is 5.47. The zero-order valence-electron chi connectivity index (χ0n) is 9.74. The topological polar surface area (TPSA) is 65.1 Å².